The number of fused-ring (bicyclic) bond motifs is 2. The lowest BCUT2D eigenvalue weighted by atomic mass is 9.99. The first kappa shape index (κ1) is 26.3. The van der Waals surface area contributed by atoms with Crippen molar-refractivity contribution in [1.29, 1.82) is 0 Å². The zero-order valence-electron chi connectivity index (χ0n) is 20.7. The summed E-state index contributed by atoms with van der Waals surface area (Å²) in [6.45, 7) is 4.60. The van der Waals surface area contributed by atoms with Crippen LogP contribution in [0.4, 0.5) is 14.6 Å². The van der Waals surface area contributed by atoms with E-state index in [1.807, 2.05) is 36.7 Å². The van der Waals surface area contributed by atoms with E-state index in [1.165, 1.54) is 0 Å². The van der Waals surface area contributed by atoms with Gasteiger partial charge in [0.25, 0.3) is 5.91 Å². The number of rotatable bonds is 9. The van der Waals surface area contributed by atoms with Crippen LogP contribution in [0.1, 0.15) is 12.8 Å². The molecule has 1 amide bonds. The molecule has 0 saturated carbocycles. The lowest BCUT2D eigenvalue weighted by Crippen LogP contribution is -2.31. The highest BCUT2D eigenvalue weighted by molar-refractivity contribution is 7.17. The molecule has 3 heterocycles. The molecule has 1 fully saturated rings. The molecular weight excluding hydrogens is 532 g/mol. The summed E-state index contributed by atoms with van der Waals surface area (Å²) >= 11 is 8.22. The summed E-state index contributed by atoms with van der Waals surface area (Å²) in [6.07, 6.45) is 2.07. The number of nitrogens with zero attached hydrogens (tertiary/aromatic N) is 3. The summed E-state index contributed by atoms with van der Waals surface area (Å²) in [5.41, 5.74) is 0.985. The molecule has 0 aliphatic carbocycles. The van der Waals surface area contributed by atoms with Crippen molar-refractivity contribution < 1.29 is 18.3 Å². The van der Waals surface area contributed by atoms with Gasteiger partial charge in [-0.25, -0.2) is 8.78 Å². The second-order valence-corrected chi connectivity index (χ2v) is 10.5. The fourth-order valence-electron chi connectivity index (χ4n) is 4.65. The highest BCUT2D eigenvalue weighted by Gasteiger charge is 2.24. The second-order valence-electron chi connectivity index (χ2n) is 9.11. The molecule has 2 aromatic heterocycles. The van der Waals surface area contributed by atoms with E-state index in [1.54, 1.807) is 17.4 Å². The zero-order chi connectivity index (χ0) is 26.8. The predicted molar refractivity (Wildman–Crippen MR) is 148 cm³/mol. The summed E-state index contributed by atoms with van der Waals surface area (Å²) in [5, 5.41) is 8.89. The molecule has 0 radical (unpaired) electrons. The van der Waals surface area contributed by atoms with Crippen LogP contribution < -0.4 is 15.4 Å². The predicted octanol–water partition coefficient (Wildman–Crippen LogP) is 5.79. The minimum Gasteiger partial charge on any atom is -0.462 e. The Bertz CT molecular complexity index is 1530. The van der Waals surface area contributed by atoms with Crippen molar-refractivity contribution in [3.05, 3.63) is 59.0 Å². The number of amides is 1. The van der Waals surface area contributed by atoms with Gasteiger partial charge in [0.2, 0.25) is 0 Å². The number of nitrogens with one attached hydrogen (secondary N) is 2. The van der Waals surface area contributed by atoms with Gasteiger partial charge < -0.3 is 20.3 Å². The number of halogens is 3. The van der Waals surface area contributed by atoms with Crippen LogP contribution in [0, 0.1) is 5.82 Å². The Kier molecular flexibility index (Phi) is 7.73. The third-order valence-electron chi connectivity index (χ3n) is 6.65. The van der Waals surface area contributed by atoms with Crippen molar-refractivity contribution in [3.63, 3.8) is 0 Å². The van der Waals surface area contributed by atoms with E-state index in [9.17, 15) is 9.18 Å². The quantitative estimate of drug-likeness (QED) is 0.200. The Balaban J connectivity index is 1.53. The fraction of sp³-hybridized carbons (Fsp3) is 0.296. The molecule has 0 bridgehead atoms. The molecule has 198 valence electrons. The van der Waals surface area contributed by atoms with Gasteiger partial charge in [0.1, 0.15) is 17.9 Å². The molecule has 5 rings (SSSR count). The number of carbonyl (C=O) groups excluding carboxylic acids is 1. The zero-order valence-corrected chi connectivity index (χ0v) is 22.3. The van der Waals surface area contributed by atoms with Gasteiger partial charge in [0, 0.05) is 40.2 Å². The van der Waals surface area contributed by atoms with Crippen LogP contribution in [0.2, 0.25) is 5.02 Å². The van der Waals surface area contributed by atoms with E-state index >= 15 is 4.39 Å². The first-order valence-electron chi connectivity index (χ1n) is 12.2. The average Bonchev–Trinajstić information content (AvgIpc) is 3.54. The van der Waals surface area contributed by atoms with Crippen molar-refractivity contribution in [2.24, 2.45) is 0 Å². The van der Waals surface area contributed by atoms with Crippen LogP contribution in [0.3, 0.4) is 0 Å². The number of aromatic nitrogens is 2. The lowest BCUT2D eigenvalue weighted by Gasteiger charge is -2.20. The Morgan fingerprint density at radius 1 is 1.29 bits per heavy atom. The van der Waals surface area contributed by atoms with Gasteiger partial charge in [-0.15, -0.1) is 11.3 Å². The Hall–Kier alpha value is -3.34. The highest BCUT2D eigenvalue weighted by atomic mass is 35.5. The molecular formula is C27H26ClF2N5O2S. The maximum absolute atomic E-state index is 16.2. The third-order valence-corrected chi connectivity index (χ3v) is 7.83. The maximum Gasteiger partial charge on any atom is 0.319 e. The largest absolute Gasteiger partial charge is 0.462 e. The SMILES string of the molecule is C=C(F)C(=O)NCCNc1nc(OC[C@@H]2CCCN2C)nc2c(F)c(-c3cccc4sccc34)c(Cl)cc12. The minimum atomic E-state index is -1.08. The summed E-state index contributed by atoms with van der Waals surface area (Å²) < 4.78 is 36.2. The molecule has 4 aromatic rings. The highest BCUT2D eigenvalue weighted by Crippen LogP contribution is 2.41. The molecule has 38 heavy (non-hydrogen) atoms. The van der Waals surface area contributed by atoms with Crippen molar-refractivity contribution in [1.82, 2.24) is 20.2 Å². The minimum absolute atomic E-state index is 0.0300. The third kappa shape index (κ3) is 5.29. The molecule has 1 saturated heterocycles. The molecule has 1 atom stereocenters. The molecule has 7 nitrogen and oxygen atoms in total. The Morgan fingerprint density at radius 3 is 2.89 bits per heavy atom. The number of thiophene rings is 1. The smallest absolute Gasteiger partial charge is 0.319 e. The van der Waals surface area contributed by atoms with Crippen molar-refractivity contribution in [3.8, 4) is 17.1 Å². The maximum atomic E-state index is 16.2. The van der Waals surface area contributed by atoms with Gasteiger partial charge in [-0.3, -0.25) is 4.79 Å². The normalized spacial score (nSPS) is 15.7. The molecule has 0 unspecified atom stereocenters. The van der Waals surface area contributed by atoms with E-state index in [4.69, 9.17) is 16.3 Å². The van der Waals surface area contributed by atoms with Crippen molar-refractivity contribution >= 4 is 55.7 Å². The van der Waals surface area contributed by atoms with Crippen LogP contribution >= 0.6 is 22.9 Å². The number of hydrogen-bond acceptors (Lipinski definition) is 7. The summed E-state index contributed by atoms with van der Waals surface area (Å²) in [6, 6.07) is 9.49. The number of likely N-dealkylation sites (tertiary alicyclic amines) is 1. The van der Waals surface area contributed by atoms with Gasteiger partial charge in [-0.2, -0.15) is 9.97 Å². The van der Waals surface area contributed by atoms with Gasteiger partial charge in [-0.1, -0.05) is 30.3 Å². The van der Waals surface area contributed by atoms with Gasteiger partial charge in [-0.05, 0) is 55.6 Å². The first-order valence-corrected chi connectivity index (χ1v) is 13.4. The Morgan fingerprint density at radius 2 is 2.13 bits per heavy atom. The standard InChI is InChI=1S/C27H26ClF2N5O2S/c1-15(29)26(36)32-10-9-31-25-19-13-20(28)22(18-6-3-7-21-17(18)8-12-38-21)23(30)24(19)33-27(34-25)37-14-16-5-4-11-35(16)2/h3,6-8,12-13,16H,1,4-5,9-11,14H2,2H3,(H,32,36)(H,31,33,34)/t16-/m0/s1. The van der Waals surface area contributed by atoms with Crippen LogP contribution in [-0.2, 0) is 4.79 Å². The molecule has 2 N–H and O–H groups in total. The van der Waals surface area contributed by atoms with Gasteiger partial charge in [0.15, 0.2) is 11.6 Å². The van der Waals surface area contributed by atoms with Crippen LogP contribution in [0.15, 0.2) is 48.1 Å². The van der Waals surface area contributed by atoms with E-state index in [2.05, 4.69) is 32.1 Å². The fourth-order valence-corrected chi connectivity index (χ4v) is 5.75. The van der Waals surface area contributed by atoms with E-state index in [0.29, 0.717) is 23.4 Å². The number of benzene rings is 2. The molecule has 1 aliphatic heterocycles. The number of carbonyl (C=O) groups is 1. The Labute approximate surface area is 227 Å². The second kappa shape index (κ2) is 11.2. The van der Waals surface area contributed by atoms with Crippen LogP contribution in [0.25, 0.3) is 32.1 Å². The van der Waals surface area contributed by atoms with Crippen LogP contribution in [-0.4, -0.2) is 60.1 Å². The van der Waals surface area contributed by atoms with E-state index < -0.39 is 17.6 Å². The van der Waals surface area contributed by atoms with Crippen molar-refractivity contribution in [2.45, 2.75) is 18.9 Å². The molecule has 1 aliphatic rings. The average molecular weight is 558 g/mol. The van der Waals surface area contributed by atoms with E-state index in [0.717, 1.165) is 29.5 Å². The monoisotopic (exact) mass is 557 g/mol. The van der Waals surface area contributed by atoms with Crippen LogP contribution in [0.5, 0.6) is 6.01 Å². The summed E-state index contributed by atoms with van der Waals surface area (Å²) in [7, 11) is 2.04. The van der Waals surface area contributed by atoms with Crippen molar-refractivity contribution in [2.75, 3.05) is 38.6 Å². The lowest BCUT2D eigenvalue weighted by molar-refractivity contribution is -0.118. The number of likely N-dealkylation sites (N-methyl/N-ethyl adjacent to an activating group) is 1. The first-order chi connectivity index (χ1) is 18.3. The molecule has 11 heteroatoms. The van der Waals surface area contributed by atoms with E-state index in [-0.39, 0.29) is 41.2 Å². The topological polar surface area (TPSA) is 79.4 Å². The number of hydrogen-bond donors (Lipinski definition) is 2. The summed E-state index contributed by atoms with van der Waals surface area (Å²) in [4.78, 5) is 22.6. The van der Waals surface area contributed by atoms with Gasteiger partial charge in [0.05, 0.1) is 5.02 Å². The number of ether oxygens (including phenoxy) is 1. The number of anilines is 1. The molecule has 2 aromatic carbocycles. The molecule has 0 spiro atoms. The van der Waals surface area contributed by atoms with Gasteiger partial charge >= 0.3 is 6.01 Å². The summed E-state index contributed by atoms with van der Waals surface area (Å²) in [5.74, 6) is -2.27.